The van der Waals surface area contributed by atoms with E-state index < -0.39 is 34.1 Å². The summed E-state index contributed by atoms with van der Waals surface area (Å²) in [6.45, 7) is 13.2. The van der Waals surface area contributed by atoms with Crippen LogP contribution < -0.4 is 0 Å². The van der Waals surface area contributed by atoms with Gasteiger partial charge in [0.1, 0.15) is 5.75 Å². The molecule has 1 aromatic rings. The Labute approximate surface area is 190 Å². The lowest BCUT2D eigenvalue weighted by atomic mass is 9.62. The number of benzene rings is 1. The molecule has 1 aliphatic carbocycles. The maximum atomic E-state index is 12.7. The summed E-state index contributed by atoms with van der Waals surface area (Å²) in [5.41, 5.74) is -0.0723. The number of aromatic hydroxyl groups is 1. The van der Waals surface area contributed by atoms with Crippen LogP contribution >= 0.6 is 0 Å². The van der Waals surface area contributed by atoms with E-state index >= 15 is 0 Å². The van der Waals surface area contributed by atoms with E-state index in [4.69, 9.17) is 0 Å². The smallest absolute Gasteiger partial charge is 0.332 e. The van der Waals surface area contributed by atoms with Gasteiger partial charge in [-0.1, -0.05) is 65.3 Å². The van der Waals surface area contributed by atoms with Crippen molar-refractivity contribution in [1.29, 1.82) is 0 Å². The standard InChI is InChI=1S/C26H36O6/c1-15-11-17(22(29)30)20(26(14-15,23(31)32)9-8-10-27)16-12-18(24(2,3)4)21(28)19(13-16)25(5,6)7/h11-14,20,27-28H,8-10H2,1-7H3,(H,29,30)(H,31,32). The van der Waals surface area contributed by atoms with Crippen LogP contribution in [0, 0.1) is 5.41 Å². The molecule has 1 aliphatic rings. The summed E-state index contributed by atoms with van der Waals surface area (Å²) in [6, 6.07) is 3.49. The number of rotatable bonds is 6. The summed E-state index contributed by atoms with van der Waals surface area (Å²) in [6.07, 6.45) is 3.44. The molecule has 0 radical (unpaired) electrons. The van der Waals surface area contributed by atoms with Crippen LogP contribution in [-0.4, -0.2) is 39.0 Å². The van der Waals surface area contributed by atoms with Crippen molar-refractivity contribution in [2.75, 3.05) is 6.61 Å². The first kappa shape index (κ1) is 25.7. The molecule has 0 saturated heterocycles. The van der Waals surface area contributed by atoms with E-state index in [2.05, 4.69) is 0 Å². The number of aliphatic hydroxyl groups excluding tert-OH is 1. The fourth-order valence-corrected chi connectivity index (χ4v) is 4.65. The molecule has 6 heteroatoms. The second-order valence-corrected chi connectivity index (χ2v) is 10.9. The fraction of sp³-hybridized carbons (Fsp3) is 0.538. The third-order valence-electron chi connectivity index (χ3n) is 6.17. The monoisotopic (exact) mass is 444 g/mol. The Morgan fingerprint density at radius 2 is 1.50 bits per heavy atom. The lowest BCUT2D eigenvalue weighted by Crippen LogP contribution is -2.40. The molecule has 1 aromatic carbocycles. The normalized spacial score (nSPS) is 21.7. The van der Waals surface area contributed by atoms with E-state index in [1.807, 2.05) is 41.5 Å². The van der Waals surface area contributed by atoms with Gasteiger partial charge in [0.25, 0.3) is 0 Å². The molecule has 176 valence electrons. The van der Waals surface area contributed by atoms with Gasteiger partial charge >= 0.3 is 11.9 Å². The third-order valence-corrected chi connectivity index (χ3v) is 6.17. The number of carboxylic acids is 2. The van der Waals surface area contributed by atoms with Gasteiger partial charge in [-0.2, -0.15) is 0 Å². The topological polar surface area (TPSA) is 115 Å². The van der Waals surface area contributed by atoms with Crippen LogP contribution in [0.2, 0.25) is 0 Å². The van der Waals surface area contributed by atoms with E-state index in [1.165, 1.54) is 6.08 Å². The first-order valence-electron chi connectivity index (χ1n) is 10.9. The highest BCUT2D eigenvalue weighted by Crippen LogP contribution is 2.52. The van der Waals surface area contributed by atoms with Crippen LogP contribution in [0.5, 0.6) is 5.75 Å². The summed E-state index contributed by atoms with van der Waals surface area (Å²) in [7, 11) is 0. The van der Waals surface area contributed by atoms with Gasteiger partial charge in [-0.3, -0.25) is 4.79 Å². The van der Waals surface area contributed by atoms with Crippen molar-refractivity contribution in [1.82, 2.24) is 0 Å². The molecule has 0 amide bonds. The maximum Gasteiger partial charge on any atom is 0.332 e. The van der Waals surface area contributed by atoms with Crippen molar-refractivity contribution >= 4 is 11.9 Å². The number of aliphatic carboxylic acids is 2. The van der Waals surface area contributed by atoms with Gasteiger partial charge in [0, 0.05) is 18.1 Å². The van der Waals surface area contributed by atoms with Crippen LogP contribution in [0.4, 0.5) is 0 Å². The minimum atomic E-state index is -1.53. The van der Waals surface area contributed by atoms with Gasteiger partial charge in [0.15, 0.2) is 0 Å². The number of carboxylic acid groups (broad SMARTS) is 2. The predicted octanol–water partition coefficient (Wildman–Crippen LogP) is 4.89. The van der Waals surface area contributed by atoms with E-state index in [1.54, 1.807) is 25.1 Å². The van der Waals surface area contributed by atoms with E-state index in [9.17, 15) is 30.0 Å². The average molecular weight is 445 g/mol. The second kappa shape index (κ2) is 8.74. The number of hydrogen-bond donors (Lipinski definition) is 4. The Hall–Kier alpha value is -2.60. The summed E-state index contributed by atoms with van der Waals surface area (Å²) in [4.78, 5) is 25.0. The summed E-state index contributed by atoms with van der Waals surface area (Å²) in [5, 5.41) is 41.0. The summed E-state index contributed by atoms with van der Waals surface area (Å²) in [5.74, 6) is -3.14. The zero-order chi connectivity index (χ0) is 24.6. The van der Waals surface area contributed by atoms with Crippen LogP contribution in [0.15, 0.2) is 35.4 Å². The number of phenolic OH excluding ortho intramolecular Hbond substituents is 1. The molecule has 0 heterocycles. The van der Waals surface area contributed by atoms with E-state index in [-0.39, 0.29) is 30.8 Å². The quantitative estimate of drug-likeness (QED) is 0.497. The molecule has 0 spiro atoms. The summed E-state index contributed by atoms with van der Waals surface area (Å²) < 4.78 is 0. The number of carbonyl (C=O) groups is 2. The van der Waals surface area contributed by atoms with Crippen molar-refractivity contribution < 1.29 is 30.0 Å². The van der Waals surface area contributed by atoms with Crippen molar-refractivity contribution in [2.45, 2.75) is 78.1 Å². The van der Waals surface area contributed by atoms with Crippen molar-refractivity contribution in [3.05, 3.63) is 52.1 Å². The zero-order valence-electron chi connectivity index (χ0n) is 20.1. The molecule has 2 atom stereocenters. The Balaban J connectivity index is 2.98. The van der Waals surface area contributed by atoms with E-state index in [0.717, 1.165) is 0 Å². The van der Waals surface area contributed by atoms with Gasteiger partial charge in [-0.25, -0.2) is 4.79 Å². The van der Waals surface area contributed by atoms with Gasteiger partial charge < -0.3 is 20.4 Å². The molecule has 2 rings (SSSR count). The Morgan fingerprint density at radius 1 is 1.00 bits per heavy atom. The minimum absolute atomic E-state index is 0.00394. The molecular weight excluding hydrogens is 408 g/mol. The molecule has 32 heavy (non-hydrogen) atoms. The zero-order valence-corrected chi connectivity index (χ0v) is 20.1. The van der Waals surface area contributed by atoms with Crippen LogP contribution in [0.25, 0.3) is 0 Å². The number of phenols is 1. The highest BCUT2D eigenvalue weighted by Gasteiger charge is 2.50. The molecule has 0 bridgehead atoms. The van der Waals surface area contributed by atoms with Crippen molar-refractivity contribution in [2.24, 2.45) is 5.41 Å². The molecule has 0 fully saturated rings. The van der Waals surface area contributed by atoms with Gasteiger partial charge in [0.05, 0.1) is 5.41 Å². The molecule has 2 unspecified atom stereocenters. The highest BCUT2D eigenvalue weighted by atomic mass is 16.4. The lowest BCUT2D eigenvalue weighted by Gasteiger charge is -2.40. The number of allylic oxidation sites excluding steroid dienone is 2. The Kier molecular flexibility index (Phi) is 7.01. The lowest BCUT2D eigenvalue weighted by molar-refractivity contribution is -0.147. The first-order valence-corrected chi connectivity index (χ1v) is 10.9. The largest absolute Gasteiger partial charge is 0.507 e. The molecule has 0 saturated carbocycles. The Bertz CT molecular complexity index is 936. The maximum absolute atomic E-state index is 12.7. The van der Waals surface area contributed by atoms with Crippen LogP contribution in [0.3, 0.4) is 0 Å². The molecule has 6 nitrogen and oxygen atoms in total. The van der Waals surface area contributed by atoms with Crippen LogP contribution in [-0.2, 0) is 20.4 Å². The highest BCUT2D eigenvalue weighted by molar-refractivity contribution is 5.93. The second-order valence-electron chi connectivity index (χ2n) is 10.9. The first-order chi connectivity index (χ1) is 14.6. The third kappa shape index (κ3) is 4.75. The Morgan fingerprint density at radius 3 is 1.88 bits per heavy atom. The van der Waals surface area contributed by atoms with Gasteiger partial charge in [-0.15, -0.1) is 0 Å². The number of hydrogen-bond acceptors (Lipinski definition) is 4. The van der Waals surface area contributed by atoms with Crippen molar-refractivity contribution in [3.8, 4) is 5.75 Å². The van der Waals surface area contributed by atoms with Gasteiger partial charge in [-0.05, 0) is 53.4 Å². The van der Waals surface area contributed by atoms with Crippen LogP contribution in [0.1, 0.15) is 83.9 Å². The summed E-state index contributed by atoms with van der Waals surface area (Å²) >= 11 is 0. The fourth-order valence-electron chi connectivity index (χ4n) is 4.65. The molecule has 4 N–H and O–H groups in total. The SMILES string of the molecule is CC1=CC(CCCO)(C(=O)O)C(c2cc(C(C)(C)C)c(O)c(C(C)(C)C)c2)C(C(=O)O)=C1. The minimum Gasteiger partial charge on any atom is -0.507 e. The van der Waals surface area contributed by atoms with Gasteiger partial charge in [0.2, 0.25) is 0 Å². The van der Waals surface area contributed by atoms with Crippen molar-refractivity contribution in [3.63, 3.8) is 0 Å². The number of aliphatic hydroxyl groups is 1. The van der Waals surface area contributed by atoms with E-state index in [0.29, 0.717) is 22.3 Å². The molecule has 0 aromatic heterocycles. The predicted molar refractivity (Wildman–Crippen MR) is 124 cm³/mol. The molecule has 0 aliphatic heterocycles. The average Bonchev–Trinajstić information content (AvgIpc) is 2.64. The molecular formula is C26H36O6.